The molecule has 1 N–H and O–H groups in total. The maximum absolute atomic E-state index is 11.4. The van der Waals surface area contributed by atoms with Crippen molar-refractivity contribution in [1.82, 2.24) is 5.32 Å². The van der Waals surface area contributed by atoms with E-state index >= 15 is 0 Å². The highest BCUT2D eigenvalue weighted by Crippen LogP contribution is 2.27. The minimum atomic E-state index is -0.192. The number of rotatable bonds is 6. The molecule has 1 amide bonds. The van der Waals surface area contributed by atoms with Gasteiger partial charge in [-0.3, -0.25) is 4.79 Å². The largest absolute Gasteiger partial charge is 0.493 e. The van der Waals surface area contributed by atoms with Crippen LogP contribution in [0.25, 0.3) is 0 Å². The topological polar surface area (TPSA) is 47.6 Å². The molecular weight excluding hydrogens is 298 g/mol. The van der Waals surface area contributed by atoms with Crippen LogP contribution in [-0.4, -0.2) is 24.5 Å². The lowest BCUT2D eigenvalue weighted by Crippen LogP contribution is -2.28. The fourth-order valence-corrected chi connectivity index (χ4v) is 1.59. The Balaban J connectivity index is 2.72. The molecule has 0 saturated heterocycles. The highest BCUT2D eigenvalue weighted by atomic mass is 79.9. The van der Waals surface area contributed by atoms with Crippen LogP contribution in [0.1, 0.15) is 19.4 Å². The average molecular weight is 316 g/mol. The van der Waals surface area contributed by atoms with Crippen molar-refractivity contribution >= 4 is 21.8 Å². The summed E-state index contributed by atoms with van der Waals surface area (Å²) in [6, 6.07) is 5.62. The van der Waals surface area contributed by atoms with Gasteiger partial charge in [0.15, 0.2) is 11.5 Å². The summed E-state index contributed by atoms with van der Waals surface area (Å²) in [5, 5.41) is 2.82. The van der Waals surface area contributed by atoms with E-state index in [0.717, 1.165) is 5.56 Å². The first-order valence-corrected chi connectivity index (χ1v) is 6.71. The van der Waals surface area contributed by atoms with Gasteiger partial charge in [0, 0.05) is 6.54 Å². The highest BCUT2D eigenvalue weighted by molar-refractivity contribution is 9.10. The summed E-state index contributed by atoms with van der Waals surface area (Å²) in [7, 11) is 1.60. The molecule has 1 aromatic rings. The first-order valence-electron chi connectivity index (χ1n) is 5.80. The number of amides is 1. The van der Waals surface area contributed by atoms with Gasteiger partial charge in [0.25, 0.3) is 0 Å². The second-order valence-electron chi connectivity index (χ2n) is 3.75. The summed E-state index contributed by atoms with van der Waals surface area (Å²) >= 11 is 3.22. The average Bonchev–Trinajstić information content (AvgIpc) is 2.36. The van der Waals surface area contributed by atoms with Crippen molar-refractivity contribution in [1.29, 1.82) is 0 Å². The van der Waals surface area contributed by atoms with Crippen LogP contribution in [0, 0.1) is 0 Å². The Morgan fingerprint density at radius 2 is 2.17 bits per heavy atom. The molecule has 1 unspecified atom stereocenters. The van der Waals surface area contributed by atoms with Crippen LogP contribution in [0.3, 0.4) is 0 Å². The van der Waals surface area contributed by atoms with Crippen molar-refractivity contribution in [3.8, 4) is 11.5 Å². The molecule has 1 rings (SSSR count). The minimum absolute atomic E-state index is 0.0382. The highest BCUT2D eigenvalue weighted by Gasteiger charge is 2.09. The molecule has 0 aliphatic heterocycles. The second-order valence-corrected chi connectivity index (χ2v) is 5.13. The Hall–Kier alpha value is -1.23. The smallest absolute Gasteiger partial charge is 0.233 e. The minimum Gasteiger partial charge on any atom is -0.493 e. The van der Waals surface area contributed by atoms with E-state index in [0.29, 0.717) is 24.7 Å². The van der Waals surface area contributed by atoms with Crippen molar-refractivity contribution in [2.24, 2.45) is 0 Å². The molecule has 100 valence electrons. The van der Waals surface area contributed by atoms with Crippen LogP contribution in [0.5, 0.6) is 11.5 Å². The van der Waals surface area contributed by atoms with Gasteiger partial charge in [-0.1, -0.05) is 22.0 Å². The van der Waals surface area contributed by atoms with E-state index in [-0.39, 0.29) is 10.7 Å². The van der Waals surface area contributed by atoms with Gasteiger partial charge in [0.2, 0.25) is 5.91 Å². The number of benzene rings is 1. The van der Waals surface area contributed by atoms with E-state index in [1.165, 1.54) is 0 Å². The molecule has 0 aliphatic carbocycles. The second kappa shape index (κ2) is 7.26. The molecule has 0 aromatic heterocycles. The first-order chi connectivity index (χ1) is 8.58. The number of carbonyl (C=O) groups is 1. The number of alkyl halides is 1. The predicted octanol–water partition coefficient (Wildman–Crippen LogP) is 2.49. The Labute approximate surface area is 116 Å². The first kappa shape index (κ1) is 14.8. The Kier molecular flexibility index (Phi) is 5.98. The van der Waals surface area contributed by atoms with E-state index in [9.17, 15) is 4.79 Å². The molecule has 0 radical (unpaired) electrons. The number of ether oxygens (including phenoxy) is 2. The Morgan fingerprint density at radius 1 is 1.44 bits per heavy atom. The summed E-state index contributed by atoms with van der Waals surface area (Å²) in [4.78, 5) is 11.2. The molecule has 4 nitrogen and oxygen atoms in total. The van der Waals surface area contributed by atoms with E-state index in [1.807, 2.05) is 25.1 Å². The van der Waals surface area contributed by atoms with Crippen molar-refractivity contribution < 1.29 is 14.3 Å². The van der Waals surface area contributed by atoms with Crippen LogP contribution < -0.4 is 14.8 Å². The van der Waals surface area contributed by atoms with E-state index in [1.54, 1.807) is 14.0 Å². The SMILES string of the molecule is CCOc1cc(CNC(=O)C(C)Br)ccc1OC. The van der Waals surface area contributed by atoms with Crippen molar-refractivity contribution in [3.05, 3.63) is 23.8 Å². The van der Waals surface area contributed by atoms with Gasteiger partial charge in [0.05, 0.1) is 18.5 Å². The van der Waals surface area contributed by atoms with Gasteiger partial charge < -0.3 is 14.8 Å². The molecule has 0 fully saturated rings. The molecule has 5 heteroatoms. The lowest BCUT2D eigenvalue weighted by molar-refractivity contribution is -0.120. The van der Waals surface area contributed by atoms with Crippen LogP contribution in [0.2, 0.25) is 0 Å². The molecule has 18 heavy (non-hydrogen) atoms. The monoisotopic (exact) mass is 315 g/mol. The standard InChI is InChI=1S/C13H18BrNO3/c1-4-18-12-7-10(5-6-11(12)17-3)8-15-13(16)9(2)14/h5-7,9H,4,8H2,1-3H3,(H,15,16). The molecule has 0 heterocycles. The van der Waals surface area contributed by atoms with Crippen molar-refractivity contribution in [2.75, 3.05) is 13.7 Å². The number of nitrogens with one attached hydrogen (secondary N) is 1. The lowest BCUT2D eigenvalue weighted by Gasteiger charge is -2.12. The number of hydrogen-bond acceptors (Lipinski definition) is 3. The number of carbonyl (C=O) groups excluding carboxylic acids is 1. The van der Waals surface area contributed by atoms with E-state index in [2.05, 4.69) is 21.2 Å². The third kappa shape index (κ3) is 4.22. The molecule has 0 aliphatic rings. The Bertz CT molecular complexity index is 407. The number of hydrogen-bond donors (Lipinski definition) is 1. The summed E-state index contributed by atoms with van der Waals surface area (Å²) < 4.78 is 10.7. The maximum Gasteiger partial charge on any atom is 0.233 e. The van der Waals surface area contributed by atoms with Crippen LogP contribution >= 0.6 is 15.9 Å². The summed E-state index contributed by atoms with van der Waals surface area (Å²) in [5.41, 5.74) is 0.973. The zero-order valence-electron chi connectivity index (χ0n) is 10.8. The molecule has 1 aromatic carbocycles. The number of halogens is 1. The number of methoxy groups -OCH3 is 1. The zero-order valence-corrected chi connectivity index (χ0v) is 12.4. The van der Waals surface area contributed by atoms with E-state index < -0.39 is 0 Å². The van der Waals surface area contributed by atoms with E-state index in [4.69, 9.17) is 9.47 Å². The quantitative estimate of drug-likeness (QED) is 0.820. The van der Waals surface area contributed by atoms with Crippen LogP contribution in [0.15, 0.2) is 18.2 Å². The summed E-state index contributed by atoms with van der Waals surface area (Å²) in [6.45, 7) is 4.75. The fraction of sp³-hybridized carbons (Fsp3) is 0.462. The molecule has 0 spiro atoms. The fourth-order valence-electron chi connectivity index (χ4n) is 1.43. The normalized spacial score (nSPS) is 11.8. The molecular formula is C13H18BrNO3. The molecule has 0 bridgehead atoms. The van der Waals surface area contributed by atoms with Crippen molar-refractivity contribution in [3.63, 3.8) is 0 Å². The van der Waals surface area contributed by atoms with Gasteiger partial charge in [0.1, 0.15) is 0 Å². The molecule has 1 atom stereocenters. The zero-order chi connectivity index (χ0) is 13.5. The molecule has 0 saturated carbocycles. The summed E-state index contributed by atoms with van der Waals surface area (Å²) in [5.74, 6) is 1.35. The van der Waals surface area contributed by atoms with Gasteiger partial charge in [-0.25, -0.2) is 0 Å². The van der Waals surface area contributed by atoms with Crippen LogP contribution in [-0.2, 0) is 11.3 Å². The van der Waals surface area contributed by atoms with Gasteiger partial charge in [-0.15, -0.1) is 0 Å². The van der Waals surface area contributed by atoms with Gasteiger partial charge >= 0.3 is 0 Å². The Morgan fingerprint density at radius 3 is 2.72 bits per heavy atom. The third-order valence-corrected chi connectivity index (χ3v) is 2.77. The lowest BCUT2D eigenvalue weighted by atomic mass is 10.2. The maximum atomic E-state index is 11.4. The third-order valence-electron chi connectivity index (χ3n) is 2.36. The van der Waals surface area contributed by atoms with Gasteiger partial charge in [-0.2, -0.15) is 0 Å². The van der Waals surface area contributed by atoms with Gasteiger partial charge in [-0.05, 0) is 31.5 Å². The summed E-state index contributed by atoms with van der Waals surface area (Å²) in [6.07, 6.45) is 0. The van der Waals surface area contributed by atoms with Crippen molar-refractivity contribution in [2.45, 2.75) is 25.2 Å². The predicted molar refractivity (Wildman–Crippen MR) is 74.4 cm³/mol. The van der Waals surface area contributed by atoms with Crippen LogP contribution in [0.4, 0.5) is 0 Å².